The van der Waals surface area contributed by atoms with Gasteiger partial charge in [-0.25, -0.2) is 8.42 Å². The highest BCUT2D eigenvalue weighted by molar-refractivity contribution is 7.89. The summed E-state index contributed by atoms with van der Waals surface area (Å²) >= 11 is 5.51. The Labute approximate surface area is 126 Å². The first-order valence-electron chi connectivity index (χ1n) is 5.72. The van der Waals surface area contributed by atoms with Gasteiger partial charge in [0.05, 0.1) is 16.9 Å². The van der Waals surface area contributed by atoms with Crippen LogP contribution in [0.3, 0.4) is 0 Å². The Hall–Kier alpha value is -1.71. The summed E-state index contributed by atoms with van der Waals surface area (Å²) in [4.78, 5) is 21.1. The number of ether oxygens (including phenoxy) is 1. The third kappa shape index (κ3) is 4.66. The van der Waals surface area contributed by atoms with Crippen molar-refractivity contribution in [2.75, 3.05) is 13.0 Å². The highest BCUT2D eigenvalue weighted by atomic mass is 35.5. The van der Waals surface area contributed by atoms with Gasteiger partial charge in [-0.15, -0.1) is 11.6 Å². The predicted octanol–water partition coefficient (Wildman–Crippen LogP) is 1.04. The standard InChI is InChI=1S/C11H13ClN2O6S/c1-20-11(15)10(6-7-12)13-21(18,19)9-4-2-8(3-5-9)14(16)17/h2-5,10,13H,6-7H2,1H3/t10-/m1/s1. The molecular weight excluding hydrogens is 324 g/mol. The summed E-state index contributed by atoms with van der Waals surface area (Å²) in [5.74, 6) is -0.705. The third-order valence-electron chi connectivity index (χ3n) is 2.54. The van der Waals surface area contributed by atoms with E-state index in [0.29, 0.717) is 0 Å². The number of hydrogen-bond donors (Lipinski definition) is 1. The van der Waals surface area contributed by atoms with E-state index >= 15 is 0 Å². The molecule has 0 heterocycles. The molecule has 1 atom stereocenters. The Morgan fingerprint density at radius 3 is 2.43 bits per heavy atom. The minimum Gasteiger partial charge on any atom is -0.468 e. The van der Waals surface area contributed by atoms with E-state index in [1.807, 2.05) is 0 Å². The fraction of sp³-hybridized carbons (Fsp3) is 0.364. The van der Waals surface area contributed by atoms with Gasteiger partial charge >= 0.3 is 5.97 Å². The van der Waals surface area contributed by atoms with Crippen molar-refractivity contribution >= 4 is 33.3 Å². The summed E-state index contributed by atoms with van der Waals surface area (Å²) in [6.45, 7) is 0. The van der Waals surface area contributed by atoms with Gasteiger partial charge in [-0.1, -0.05) is 0 Å². The van der Waals surface area contributed by atoms with Crippen molar-refractivity contribution < 1.29 is 22.9 Å². The first kappa shape index (κ1) is 17.3. The number of nitro groups is 1. The van der Waals surface area contributed by atoms with E-state index in [1.54, 1.807) is 0 Å². The van der Waals surface area contributed by atoms with Gasteiger partial charge in [0, 0.05) is 18.0 Å². The summed E-state index contributed by atoms with van der Waals surface area (Å²) < 4.78 is 30.8. The number of alkyl halides is 1. The maximum Gasteiger partial charge on any atom is 0.323 e. The van der Waals surface area contributed by atoms with Crippen LogP contribution in [0.4, 0.5) is 5.69 Å². The number of nitro benzene ring substituents is 1. The fourth-order valence-corrected chi connectivity index (χ4v) is 2.92. The molecule has 0 aliphatic carbocycles. The number of nitrogens with zero attached hydrogens (tertiary/aromatic N) is 1. The summed E-state index contributed by atoms with van der Waals surface area (Å²) in [6, 6.07) is 3.16. The number of methoxy groups -OCH3 is 1. The molecule has 0 fully saturated rings. The van der Waals surface area contributed by atoms with Crippen molar-refractivity contribution in [1.29, 1.82) is 0 Å². The van der Waals surface area contributed by atoms with Gasteiger partial charge in [-0.3, -0.25) is 14.9 Å². The van der Waals surface area contributed by atoms with Gasteiger partial charge in [0.1, 0.15) is 6.04 Å². The second kappa shape index (κ2) is 7.34. The van der Waals surface area contributed by atoms with Crippen molar-refractivity contribution in [3.8, 4) is 0 Å². The number of carbonyl (C=O) groups is 1. The molecule has 1 aromatic carbocycles. The van der Waals surface area contributed by atoms with Crippen molar-refractivity contribution in [3.05, 3.63) is 34.4 Å². The molecule has 0 aromatic heterocycles. The lowest BCUT2D eigenvalue weighted by Crippen LogP contribution is -2.41. The Kier molecular flexibility index (Phi) is 6.06. The zero-order valence-electron chi connectivity index (χ0n) is 11.0. The van der Waals surface area contributed by atoms with E-state index in [-0.39, 0.29) is 22.9 Å². The Morgan fingerprint density at radius 2 is 2.00 bits per heavy atom. The molecule has 0 bridgehead atoms. The molecule has 0 saturated heterocycles. The highest BCUT2D eigenvalue weighted by Crippen LogP contribution is 2.16. The normalized spacial score (nSPS) is 12.7. The van der Waals surface area contributed by atoms with E-state index < -0.39 is 27.0 Å². The van der Waals surface area contributed by atoms with Gasteiger partial charge in [0.15, 0.2) is 0 Å². The SMILES string of the molecule is COC(=O)[C@@H](CCCl)NS(=O)(=O)c1ccc([N+](=O)[O-])cc1. The first-order valence-corrected chi connectivity index (χ1v) is 7.74. The van der Waals surface area contributed by atoms with Crippen LogP contribution in [-0.2, 0) is 19.6 Å². The monoisotopic (exact) mass is 336 g/mol. The highest BCUT2D eigenvalue weighted by Gasteiger charge is 2.26. The Morgan fingerprint density at radius 1 is 1.43 bits per heavy atom. The molecule has 8 nitrogen and oxygen atoms in total. The molecular formula is C11H13ClN2O6S. The largest absolute Gasteiger partial charge is 0.468 e. The van der Waals surface area contributed by atoms with Crippen LogP contribution in [0.1, 0.15) is 6.42 Å². The second-order valence-corrected chi connectivity index (χ2v) is 6.02. The van der Waals surface area contributed by atoms with E-state index in [0.717, 1.165) is 31.4 Å². The number of benzene rings is 1. The molecule has 0 spiro atoms. The Bertz CT molecular complexity index is 616. The molecule has 1 rings (SSSR count). The lowest BCUT2D eigenvalue weighted by Gasteiger charge is -2.15. The molecule has 0 amide bonds. The number of carbonyl (C=O) groups excluding carboxylic acids is 1. The zero-order valence-corrected chi connectivity index (χ0v) is 12.6. The molecule has 10 heteroatoms. The van der Waals surface area contributed by atoms with Crippen molar-refractivity contribution in [1.82, 2.24) is 4.72 Å². The minimum atomic E-state index is -4.01. The van der Waals surface area contributed by atoms with Crippen LogP contribution in [0.5, 0.6) is 0 Å². The van der Waals surface area contributed by atoms with Crippen LogP contribution < -0.4 is 4.72 Å². The Balaban J connectivity index is 2.98. The van der Waals surface area contributed by atoms with Crippen LogP contribution in [-0.4, -0.2) is 38.3 Å². The predicted molar refractivity (Wildman–Crippen MR) is 74.6 cm³/mol. The van der Waals surface area contributed by atoms with Crippen LogP contribution in [0.15, 0.2) is 29.2 Å². The number of esters is 1. The zero-order chi connectivity index (χ0) is 16.0. The van der Waals surface area contributed by atoms with E-state index in [9.17, 15) is 23.3 Å². The average Bonchev–Trinajstić information content (AvgIpc) is 2.45. The number of nitrogens with one attached hydrogen (secondary N) is 1. The first-order chi connectivity index (χ1) is 9.81. The van der Waals surface area contributed by atoms with Crippen molar-refractivity contribution in [2.45, 2.75) is 17.4 Å². The molecule has 0 unspecified atom stereocenters. The van der Waals surface area contributed by atoms with E-state index in [4.69, 9.17) is 11.6 Å². The average molecular weight is 337 g/mol. The molecule has 1 aromatic rings. The lowest BCUT2D eigenvalue weighted by molar-refractivity contribution is -0.384. The summed E-state index contributed by atoms with van der Waals surface area (Å²) in [6.07, 6.45) is 0.0560. The number of non-ortho nitro benzene ring substituents is 1. The van der Waals surface area contributed by atoms with Crippen LogP contribution in [0, 0.1) is 10.1 Å². The maximum absolute atomic E-state index is 12.1. The van der Waals surface area contributed by atoms with Gasteiger partial charge in [-0.05, 0) is 18.6 Å². The van der Waals surface area contributed by atoms with E-state index in [1.165, 1.54) is 0 Å². The molecule has 21 heavy (non-hydrogen) atoms. The molecule has 0 aliphatic rings. The molecule has 0 aliphatic heterocycles. The smallest absolute Gasteiger partial charge is 0.323 e. The minimum absolute atomic E-state index is 0.0560. The fourth-order valence-electron chi connectivity index (χ4n) is 1.48. The van der Waals surface area contributed by atoms with E-state index in [2.05, 4.69) is 9.46 Å². The third-order valence-corrected chi connectivity index (χ3v) is 4.24. The van der Waals surface area contributed by atoms with Crippen LogP contribution >= 0.6 is 11.6 Å². The maximum atomic E-state index is 12.1. The van der Waals surface area contributed by atoms with Crippen molar-refractivity contribution in [3.63, 3.8) is 0 Å². The lowest BCUT2D eigenvalue weighted by atomic mass is 10.2. The number of hydrogen-bond acceptors (Lipinski definition) is 6. The topological polar surface area (TPSA) is 116 Å². The molecule has 116 valence electrons. The molecule has 0 radical (unpaired) electrons. The van der Waals surface area contributed by atoms with Gasteiger partial charge in [0.25, 0.3) is 5.69 Å². The number of rotatable bonds is 7. The summed E-state index contributed by atoms with van der Waals surface area (Å²) in [5.41, 5.74) is -0.237. The quantitative estimate of drug-likeness (QED) is 0.344. The summed E-state index contributed by atoms with van der Waals surface area (Å²) in [5, 5.41) is 10.5. The molecule has 1 N–H and O–H groups in total. The van der Waals surface area contributed by atoms with Gasteiger partial charge < -0.3 is 4.74 Å². The van der Waals surface area contributed by atoms with Gasteiger partial charge in [0.2, 0.25) is 10.0 Å². The van der Waals surface area contributed by atoms with Crippen LogP contribution in [0.25, 0.3) is 0 Å². The molecule has 0 saturated carbocycles. The van der Waals surface area contributed by atoms with Crippen molar-refractivity contribution in [2.24, 2.45) is 0 Å². The van der Waals surface area contributed by atoms with Crippen LogP contribution in [0.2, 0.25) is 0 Å². The summed E-state index contributed by atoms with van der Waals surface area (Å²) in [7, 11) is -2.88. The number of halogens is 1. The van der Waals surface area contributed by atoms with Gasteiger partial charge in [-0.2, -0.15) is 4.72 Å². The second-order valence-electron chi connectivity index (χ2n) is 3.93. The number of sulfonamides is 1.